The lowest BCUT2D eigenvalue weighted by Gasteiger charge is -2.21. The van der Waals surface area contributed by atoms with Gasteiger partial charge in [0.1, 0.15) is 0 Å². The first-order valence-corrected chi connectivity index (χ1v) is 5.41. The SMILES string of the molecule is OCC1CCCN1CCCBr. The van der Waals surface area contributed by atoms with Gasteiger partial charge in [0.2, 0.25) is 0 Å². The Labute approximate surface area is 76.7 Å². The minimum Gasteiger partial charge on any atom is -0.395 e. The highest BCUT2D eigenvalue weighted by Gasteiger charge is 2.22. The van der Waals surface area contributed by atoms with Crippen LogP contribution < -0.4 is 0 Å². The fourth-order valence-corrected chi connectivity index (χ4v) is 1.91. The Bertz CT molecular complexity index is 110. The van der Waals surface area contributed by atoms with E-state index in [0.29, 0.717) is 12.6 Å². The standard InChI is InChI=1S/C8H16BrNO/c9-4-2-6-10-5-1-3-8(10)7-11/h8,11H,1-7H2. The summed E-state index contributed by atoms with van der Waals surface area (Å²) in [6.45, 7) is 2.65. The summed E-state index contributed by atoms with van der Waals surface area (Å²) in [4.78, 5) is 2.39. The Morgan fingerprint density at radius 3 is 3.00 bits per heavy atom. The Hall–Kier alpha value is 0.400. The normalized spacial score (nSPS) is 26.2. The topological polar surface area (TPSA) is 23.5 Å². The average Bonchev–Trinajstić information content (AvgIpc) is 2.47. The van der Waals surface area contributed by atoms with Crippen molar-refractivity contribution in [3.8, 4) is 0 Å². The third-order valence-electron chi connectivity index (χ3n) is 2.29. The summed E-state index contributed by atoms with van der Waals surface area (Å²) < 4.78 is 0. The van der Waals surface area contributed by atoms with Crippen molar-refractivity contribution in [3.63, 3.8) is 0 Å². The number of rotatable bonds is 4. The van der Waals surface area contributed by atoms with Crippen LogP contribution in [0.3, 0.4) is 0 Å². The van der Waals surface area contributed by atoms with Gasteiger partial charge in [-0.15, -0.1) is 0 Å². The van der Waals surface area contributed by atoms with Crippen LogP contribution in [-0.4, -0.2) is 41.1 Å². The number of likely N-dealkylation sites (tertiary alicyclic amines) is 1. The molecule has 3 heteroatoms. The summed E-state index contributed by atoms with van der Waals surface area (Å²) in [6.07, 6.45) is 3.63. The summed E-state index contributed by atoms with van der Waals surface area (Å²) in [6, 6.07) is 0.453. The van der Waals surface area contributed by atoms with Gasteiger partial charge in [-0.05, 0) is 32.4 Å². The molecule has 1 N–H and O–H groups in total. The minimum atomic E-state index is 0.336. The van der Waals surface area contributed by atoms with Crippen molar-refractivity contribution in [3.05, 3.63) is 0 Å². The van der Waals surface area contributed by atoms with Gasteiger partial charge in [-0.3, -0.25) is 4.90 Å². The zero-order valence-electron chi connectivity index (χ0n) is 6.80. The predicted molar refractivity (Wildman–Crippen MR) is 50.1 cm³/mol. The first-order valence-electron chi connectivity index (χ1n) is 4.29. The molecule has 0 aromatic carbocycles. The molecule has 1 aliphatic rings. The van der Waals surface area contributed by atoms with Crippen LogP contribution in [0.4, 0.5) is 0 Å². The molecule has 2 nitrogen and oxygen atoms in total. The van der Waals surface area contributed by atoms with E-state index in [1.54, 1.807) is 0 Å². The molecule has 1 aliphatic heterocycles. The smallest absolute Gasteiger partial charge is 0.0586 e. The molecule has 0 amide bonds. The molecule has 0 radical (unpaired) electrons. The number of alkyl halides is 1. The molecule has 1 saturated heterocycles. The lowest BCUT2D eigenvalue weighted by molar-refractivity contribution is 0.159. The summed E-state index contributed by atoms with van der Waals surface area (Å²) in [5.41, 5.74) is 0. The maximum atomic E-state index is 8.98. The maximum absolute atomic E-state index is 8.98. The minimum absolute atomic E-state index is 0.336. The Morgan fingerprint density at radius 1 is 1.55 bits per heavy atom. The second-order valence-corrected chi connectivity index (χ2v) is 3.85. The van der Waals surface area contributed by atoms with E-state index in [2.05, 4.69) is 20.8 Å². The van der Waals surface area contributed by atoms with Gasteiger partial charge in [0, 0.05) is 11.4 Å². The van der Waals surface area contributed by atoms with Crippen LogP contribution >= 0.6 is 15.9 Å². The Morgan fingerprint density at radius 2 is 2.36 bits per heavy atom. The molecule has 1 heterocycles. The van der Waals surface area contributed by atoms with Crippen molar-refractivity contribution in [2.45, 2.75) is 25.3 Å². The van der Waals surface area contributed by atoms with Crippen LogP contribution in [0.15, 0.2) is 0 Å². The highest BCUT2D eigenvalue weighted by atomic mass is 79.9. The number of hydrogen-bond donors (Lipinski definition) is 1. The quantitative estimate of drug-likeness (QED) is 0.723. The van der Waals surface area contributed by atoms with Crippen LogP contribution in [0.2, 0.25) is 0 Å². The number of hydrogen-bond acceptors (Lipinski definition) is 2. The van der Waals surface area contributed by atoms with Crippen molar-refractivity contribution in [2.24, 2.45) is 0 Å². The molecule has 1 unspecified atom stereocenters. The highest BCUT2D eigenvalue weighted by Crippen LogP contribution is 2.16. The fourth-order valence-electron chi connectivity index (χ4n) is 1.66. The Kier molecular flexibility index (Phi) is 4.41. The van der Waals surface area contributed by atoms with Crippen LogP contribution in [-0.2, 0) is 0 Å². The van der Waals surface area contributed by atoms with Crippen molar-refractivity contribution in [2.75, 3.05) is 25.0 Å². The summed E-state index contributed by atoms with van der Waals surface area (Å²) in [5, 5.41) is 10.1. The third-order valence-corrected chi connectivity index (χ3v) is 2.85. The molecule has 0 spiro atoms. The van der Waals surface area contributed by atoms with E-state index in [1.165, 1.54) is 25.8 Å². The van der Waals surface area contributed by atoms with Gasteiger partial charge in [-0.25, -0.2) is 0 Å². The van der Waals surface area contributed by atoms with Crippen molar-refractivity contribution in [1.29, 1.82) is 0 Å². The molecule has 0 saturated carbocycles. The van der Waals surface area contributed by atoms with Crippen LogP contribution in [0.5, 0.6) is 0 Å². The molecule has 1 rings (SSSR count). The fraction of sp³-hybridized carbons (Fsp3) is 1.00. The number of nitrogens with zero attached hydrogens (tertiary/aromatic N) is 1. The molecule has 1 atom stereocenters. The Balaban J connectivity index is 2.20. The van der Waals surface area contributed by atoms with Gasteiger partial charge < -0.3 is 5.11 Å². The van der Waals surface area contributed by atoms with Crippen LogP contribution in [0, 0.1) is 0 Å². The molecule has 0 aliphatic carbocycles. The maximum Gasteiger partial charge on any atom is 0.0586 e. The van der Waals surface area contributed by atoms with E-state index >= 15 is 0 Å². The van der Waals surface area contributed by atoms with Crippen LogP contribution in [0.25, 0.3) is 0 Å². The first kappa shape index (κ1) is 9.49. The van der Waals surface area contributed by atoms with Crippen LogP contribution in [0.1, 0.15) is 19.3 Å². The van der Waals surface area contributed by atoms with E-state index in [9.17, 15) is 0 Å². The summed E-state index contributed by atoms with van der Waals surface area (Å²) >= 11 is 3.41. The van der Waals surface area contributed by atoms with Crippen molar-refractivity contribution < 1.29 is 5.11 Å². The zero-order chi connectivity index (χ0) is 8.10. The lowest BCUT2D eigenvalue weighted by Crippen LogP contribution is -2.33. The van der Waals surface area contributed by atoms with E-state index in [4.69, 9.17) is 5.11 Å². The van der Waals surface area contributed by atoms with E-state index < -0.39 is 0 Å². The molecule has 0 aromatic rings. The molecule has 66 valence electrons. The van der Waals surface area contributed by atoms with Gasteiger partial charge >= 0.3 is 0 Å². The second kappa shape index (κ2) is 5.12. The third kappa shape index (κ3) is 2.73. The van der Waals surface area contributed by atoms with Crippen molar-refractivity contribution >= 4 is 15.9 Å². The summed E-state index contributed by atoms with van der Waals surface area (Å²) in [7, 11) is 0. The first-order chi connectivity index (χ1) is 5.38. The number of halogens is 1. The molecular weight excluding hydrogens is 206 g/mol. The summed E-state index contributed by atoms with van der Waals surface area (Å²) in [5.74, 6) is 0. The molecular formula is C8H16BrNO. The second-order valence-electron chi connectivity index (χ2n) is 3.06. The van der Waals surface area contributed by atoms with E-state index in [1.807, 2.05) is 0 Å². The van der Waals surface area contributed by atoms with Gasteiger partial charge in [0.05, 0.1) is 6.61 Å². The number of aliphatic hydroxyl groups excluding tert-OH is 1. The highest BCUT2D eigenvalue weighted by molar-refractivity contribution is 9.09. The largest absolute Gasteiger partial charge is 0.395 e. The lowest BCUT2D eigenvalue weighted by atomic mass is 10.2. The van der Waals surface area contributed by atoms with Crippen molar-refractivity contribution in [1.82, 2.24) is 4.90 Å². The van der Waals surface area contributed by atoms with Gasteiger partial charge in [-0.2, -0.15) is 0 Å². The average molecular weight is 222 g/mol. The molecule has 0 bridgehead atoms. The molecule has 0 aromatic heterocycles. The molecule has 1 fully saturated rings. The monoisotopic (exact) mass is 221 g/mol. The van der Waals surface area contributed by atoms with Gasteiger partial charge in [0.15, 0.2) is 0 Å². The number of aliphatic hydroxyl groups is 1. The van der Waals surface area contributed by atoms with Gasteiger partial charge in [-0.1, -0.05) is 15.9 Å². The van der Waals surface area contributed by atoms with Gasteiger partial charge in [0.25, 0.3) is 0 Å². The van der Waals surface area contributed by atoms with E-state index in [0.717, 1.165) is 11.9 Å². The zero-order valence-corrected chi connectivity index (χ0v) is 8.39. The predicted octanol–water partition coefficient (Wildman–Crippen LogP) is 1.23. The van der Waals surface area contributed by atoms with E-state index in [-0.39, 0.29) is 0 Å². The molecule has 11 heavy (non-hydrogen) atoms.